The van der Waals surface area contributed by atoms with E-state index in [1.165, 1.54) is 13.2 Å². The zero-order chi connectivity index (χ0) is 16.1. The molecular formula is C17H16N2O3. The van der Waals surface area contributed by atoms with Gasteiger partial charge in [-0.1, -0.05) is 17.7 Å². The van der Waals surface area contributed by atoms with Gasteiger partial charge in [-0.3, -0.25) is 4.79 Å². The summed E-state index contributed by atoms with van der Waals surface area (Å²) in [5.41, 5.74) is 2.67. The second-order valence-electron chi connectivity index (χ2n) is 4.80. The number of nitrogens with one attached hydrogen (secondary N) is 1. The van der Waals surface area contributed by atoms with E-state index in [1.807, 2.05) is 38.1 Å². The summed E-state index contributed by atoms with van der Waals surface area (Å²) in [5, 5.41) is 11.9. The molecule has 0 atom stereocenters. The maximum atomic E-state index is 12.2. The molecule has 0 unspecified atom stereocenters. The van der Waals surface area contributed by atoms with Gasteiger partial charge < -0.3 is 14.5 Å². The molecule has 2 rings (SSSR count). The molecule has 1 heterocycles. The number of amides is 1. The lowest BCUT2D eigenvalue weighted by molar-refractivity contribution is -0.112. The van der Waals surface area contributed by atoms with Gasteiger partial charge in [-0.05, 0) is 31.5 Å². The minimum atomic E-state index is -0.482. The van der Waals surface area contributed by atoms with Gasteiger partial charge in [0, 0.05) is 17.8 Å². The van der Waals surface area contributed by atoms with Crippen molar-refractivity contribution in [3.8, 4) is 12.0 Å². The molecule has 0 radical (unpaired) electrons. The summed E-state index contributed by atoms with van der Waals surface area (Å²) < 4.78 is 10.2. The summed E-state index contributed by atoms with van der Waals surface area (Å²) >= 11 is 0. The number of nitrogens with zero attached hydrogens (tertiary/aromatic N) is 1. The van der Waals surface area contributed by atoms with Crippen LogP contribution < -0.4 is 10.1 Å². The van der Waals surface area contributed by atoms with Crippen molar-refractivity contribution in [1.82, 2.24) is 0 Å². The summed E-state index contributed by atoms with van der Waals surface area (Å²) in [4.78, 5) is 12.2. The van der Waals surface area contributed by atoms with Gasteiger partial charge >= 0.3 is 0 Å². The zero-order valence-electron chi connectivity index (χ0n) is 12.6. The predicted octanol–water partition coefficient (Wildman–Crippen LogP) is 3.45. The van der Waals surface area contributed by atoms with E-state index in [-0.39, 0.29) is 5.57 Å². The van der Waals surface area contributed by atoms with E-state index >= 15 is 0 Å². The van der Waals surface area contributed by atoms with Gasteiger partial charge in [0.1, 0.15) is 17.4 Å². The first-order chi connectivity index (χ1) is 10.5. The molecule has 1 N–H and O–H groups in total. The van der Waals surface area contributed by atoms with E-state index < -0.39 is 5.91 Å². The molecule has 1 amide bonds. The van der Waals surface area contributed by atoms with Crippen molar-refractivity contribution in [2.75, 3.05) is 12.4 Å². The van der Waals surface area contributed by atoms with Crippen LogP contribution in [0.2, 0.25) is 0 Å². The Balaban J connectivity index is 2.20. The third-order valence-corrected chi connectivity index (χ3v) is 3.09. The van der Waals surface area contributed by atoms with Crippen LogP contribution in [-0.4, -0.2) is 13.0 Å². The molecule has 0 saturated carbocycles. The van der Waals surface area contributed by atoms with Crippen LogP contribution in [0.3, 0.4) is 0 Å². The number of benzene rings is 1. The van der Waals surface area contributed by atoms with Crippen molar-refractivity contribution < 1.29 is 13.9 Å². The molecular weight excluding hydrogens is 280 g/mol. The van der Waals surface area contributed by atoms with Gasteiger partial charge in [0.05, 0.1) is 7.11 Å². The normalized spacial score (nSPS) is 10.9. The first-order valence-corrected chi connectivity index (χ1v) is 6.67. The van der Waals surface area contributed by atoms with E-state index in [2.05, 4.69) is 5.32 Å². The lowest BCUT2D eigenvalue weighted by atomic mass is 10.1. The van der Waals surface area contributed by atoms with Crippen molar-refractivity contribution >= 4 is 17.7 Å². The van der Waals surface area contributed by atoms with Gasteiger partial charge in [-0.25, -0.2) is 0 Å². The third kappa shape index (κ3) is 3.55. The molecule has 112 valence electrons. The second-order valence-corrected chi connectivity index (χ2v) is 4.80. The number of nitriles is 1. The minimum Gasteiger partial charge on any atom is -0.468 e. The van der Waals surface area contributed by atoms with Crippen molar-refractivity contribution in [1.29, 1.82) is 5.26 Å². The average Bonchev–Trinajstić information content (AvgIpc) is 2.95. The highest BCUT2D eigenvalue weighted by atomic mass is 16.6. The Hall–Kier alpha value is -3.00. The first kappa shape index (κ1) is 15.4. The average molecular weight is 296 g/mol. The topological polar surface area (TPSA) is 75.3 Å². The summed E-state index contributed by atoms with van der Waals surface area (Å²) in [6, 6.07) is 10.8. The van der Waals surface area contributed by atoms with E-state index in [0.29, 0.717) is 17.4 Å². The largest absolute Gasteiger partial charge is 0.468 e. The molecule has 0 aliphatic heterocycles. The Labute approximate surface area is 128 Å². The van der Waals surface area contributed by atoms with Gasteiger partial charge in [-0.2, -0.15) is 5.26 Å². The highest BCUT2D eigenvalue weighted by Crippen LogP contribution is 2.20. The maximum Gasteiger partial charge on any atom is 0.284 e. The number of carbonyl (C=O) groups excluding carboxylic acids is 1. The predicted molar refractivity (Wildman–Crippen MR) is 83.4 cm³/mol. The van der Waals surface area contributed by atoms with Crippen molar-refractivity contribution in [2.24, 2.45) is 0 Å². The zero-order valence-corrected chi connectivity index (χ0v) is 12.6. The van der Waals surface area contributed by atoms with Gasteiger partial charge in [0.15, 0.2) is 0 Å². The standard InChI is InChI=1S/C17H16N2O3/c1-11-4-6-15(12(2)8-11)19-17(20)13(10-18)9-14-5-7-16(21-3)22-14/h4-9H,1-3H3,(H,19,20)/b13-9+. The monoisotopic (exact) mass is 296 g/mol. The molecule has 5 nitrogen and oxygen atoms in total. The smallest absolute Gasteiger partial charge is 0.284 e. The van der Waals surface area contributed by atoms with Crippen molar-refractivity contribution in [3.63, 3.8) is 0 Å². The number of aryl methyl sites for hydroxylation is 2. The molecule has 22 heavy (non-hydrogen) atoms. The van der Waals surface area contributed by atoms with E-state index in [4.69, 9.17) is 14.4 Å². The Kier molecular flexibility index (Phi) is 4.64. The van der Waals surface area contributed by atoms with Crippen molar-refractivity contribution in [3.05, 3.63) is 52.8 Å². The van der Waals surface area contributed by atoms with Crippen LogP contribution in [0.4, 0.5) is 5.69 Å². The summed E-state index contributed by atoms with van der Waals surface area (Å²) in [7, 11) is 1.48. The number of carbonyl (C=O) groups is 1. The number of ether oxygens (including phenoxy) is 1. The van der Waals surface area contributed by atoms with E-state index in [1.54, 1.807) is 12.1 Å². The molecule has 0 bridgehead atoms. The molecule has 0 fully saturated rings. The highest BCUT2D eigenvalue weighted by molar-refractivity contribution is 6.09. The number of methoxy groups -OCH3 is 1. The number of hydrogen-bond donors (Lipinski definition) is 1. The van der Waals surface area contributed by atoms with Crippen LogP contribution in [0.1, 0.15) is 16.9 Å². The van der Waals surface area contributed by atoms with Crippen LogP contribution in [-0.2, 0) is 4.79 Å². The highest BCUT2D eigenvalue weighted by Gasteiger charge is 2.12. The van der Waals surface area contributed by atoms with Gasteiger partial charge in [-0.15, -0.1) is 0 Å². The van der Waals surface area contributed by atoms with Crippen LogP contribution in [0, 0.1) is 25.2 Å². The molecule has 0 saturated heterocycles. The lowest BCUT2D eigenvalue weighted by Gasteiger charge is -2.08. The fourth-order valence-corrected chi connectivity index (χ4v) is 1.96. The van der Waals surface area contributed by atoms with Gasteiger partial charge in [0.25, 0.3) is 11.9 Å². The molecule has 2 aromatic rings. The molecule has 0 aliphatic carbocycles. The lowest BCUT2D eigenvalue weighted by Crippen LogP contribution is -2.14. The first-order valence-electron chi connectivity index (χ1n) is 6.67. The number of furan rings is 1. The Morgan fingerprint density at radius 1 is 1.32 bits per heavy atom. The summed E-state index contributed by atoms with van der Waals surface area (Å²) in [6.45, 7) is 3.87. The molecule has 1 aromatic carbocycles. The molecule has 0 spiro atoms. The number of anilines is 1. The minimum absolute atomic E-state index is 0.0445. The second kappa shape index (κ2) is 6.64. The Morgan fingerprint density at radius 2 is 2.09 bits per heavy atom. The number of hydrogen-bond acceptors (Lipinski definition) is 4. The molecule has 0 aliphatic rings. The third-order valence-electron chi connectivity index (χ3n) is 3.09. The van der Waals surface area contributed by atoms with Crippen LogP contribution in [0.5, 0.6) is 5.95 Å². The maximum absolute atomic E-state index is 12.2. The number of rotatable bonds is 4. The molecule has 1 aromatic heterocycles. The van der Waals surface area contributed by atoms with Gasteiger partial charge in [0.2, 0.25) is 0 Å². The summed E-state index contributed by atoms with van der Waals surface area (Å²) in [6.07, 6.45) is 1.38. The quantitative estimate of drug-likeness (QED) is 0.692. The summed E-state index contributed by atoms with van der Waals surface area (Å²) in [5.74, 6) is 0.215. The fraction of sp³-hybridized carbons (Fsp3) is 0.176. The Bertz CT molecular complexity index is 766. The van der Waals surface area contributed by atoms with Crippen LogP contribution in [0.25, 0.3) is 6.08 Å². The Morgan fingerprint density at radius 3 is 2.68 bits per heavy atom. The van der Waals surface area contributed by atoms with E-state index in [0.717, 1.165) is 11.1 Å². The van der Waals surface area contributed by atoms with E-state index in [9.17, 15) is 4.79 Å². The SMILES string of the molecule is COc1ccc(/C=C(\C#N)C(=O)Nc2ccc(C)cc2C)o1. The fourth-order valence-electron chi connectivity index (χ4n) is 1.96. The van der Waals surface area contributed by atoms with Crippen LogP contribution in [0.15, 0.2) is 40.3 Å². The molecule has 5 heteroatoms. The van der Waals surface area contributed by atoms with Crippen molar-refractivity contribution in [2.45, 2.75) is 13.8 Å². The van der Waals surface area contributed by atoms with Crippen LogP contribution >= 0.6 is 0 Å².